The average Bonchev–Trinajstić information content (AvgIpc) is 2.68. The SMILES string of the molecule is Cc1cc(C)cc(OCC(=O)Nc2cccc(S(=O)(=O)Nc3ccccc3Cl)c2)c1. The summed E-state index contributed by atoms with van der Waals surface area (Å²) in [5, 5.41) is 2.93. The lowest BCUT2D eigenvalue weighted by atomic mass is 10.1. The minimum atomic E-state index is -3.88. The number of sulfonamides is 1. The second-order valence-corrected chi connectivity index (χ2v) is 8.86. The van der Waals surface area contributed by atoms with Crippen molar-refractivity contribution in [1.29, 1.82) is 0 Å². The maximum atomic E-state index is 12.7. The summed E-state index contributed by atoms with van der Waals surface area (Å²) < 4.78 is 33.3. The molecule has 0 saturated carbocycles. The predicted octanol–water partition coefficient (Wildman–Crippen LogP) is 4.78. The Morgan fingerprint density at radius 3 is 2.37 bits per heavy atom. The van der Waals surface area contributed by atoms with Gasteiger partial charge in [0.1, 0.15) is 5.75 Å². The van der Waals surface area contributed by atoms with Crippen molar-refractivity contribution in [3.05, 3.63) is 82.9 Å². The van der Waals surface area contributed by atoms with Gasteiger partial charge < -0.3 is 10.1 Å². The van der Waals surface area contributed by atoms with Crippen molar-refractivity contribution in [2.75, 3.05) is 16.6 Å². The Kier molecular flexibility index (Phi) is 6.64. The Morgan fingerprint density at radius 1 is 0.967 bits per heavy atom. The standard InChI is InChI=1S/C22H21ClN2O4S/c1-15-10-16(2)12-18(11-15)29-14-22(26)24-17-6-5-7-19(13-17)30(27,28)25-21-9-4-3-8-20(21)23/h3-13,25H,14H2,1-2H3,(H,24,26). The van der Waals surface area contributed by atoms with E-state index in [0.717, 1.165) is 11.1 Å². The molecule has 6 nitrogen and oxygen atoms in total. The summed E-state index contributed by atoms with van der Waals surface area (Å²) in [6.45, 7) is 3.70. The first kappa shape index (κ1) is 21.7. The van der Waals surface area contributed by atoms with E-state index in [1.54, 1.807) is 36.4 Å². The van der Waals surface area contributed by atoms with Gasteiger partial charge in [-0.05, 0) is 67.4 Å². The van der Waals surface area contributed by atoms with Gasteiger partial charge in [0.05, 0.1) is 15.6 Å². The molecule has 0 saturated heterocycles. The molecule has 0 aliphatic carbocycles. The lowest BCUT2D eigenvalue weighted by Gasteiger charge is -2.12. The van der Waals surface area contributed by atoms with E-state index in [1.165, 1.54) is 12.1 Å². The van der Waals surface area contributed by atoms with Crippen LogP contribution in [0.4, 0.5) is 11.4 Å². The van der Waals surface area contributed by atoms with Crippen molar-refractivity contribution in [2.24, 2.45) is 0 Å². The lowest BCUT2D eigenvalue weighted by molar-refractivity contribution is -0.118. The van der Waals surface area contributed by atoms with Crippen molar-refractivity contribution < 1.29 is 17.9 Å². The van der Waals surface area contributed by atoms with Crippen LogP contribution in [0.2, 0.25) is 5.02 Å². The van der Waals surface area contributed by atoms with Crippen molar-refractivity contribution in [2.45, 2.75) is 18.7 Å². The van der Waals surface area contributed by atoms with Crippen molar-refractivity contribution in [3.8, 4) is 5.75 Å². The van der Waals surface area contributed by atoms with Gasteiger partial charge in [0.15, 0.2) is 6.61 Å². The summed E-state index contributed by atoms with van der Waals surface area (Å²) in [5.41, 5.74) is 2.69. The molecule has 0 heterocycles. The number of hydrogen-bond donors (Lipinski definition) is 2. The Balaban J connectivity index is 1.67. The van der Waals surface area contributed by atoms with Crippen LogP contribution in [0.5, 0.6) is 5.75 Å². The molecule has 3 aromatic rings. The number of halogens is 1. The molecule has 8 heteroatoms. The highest BCUT2D eigenvalue weighted by atomic mass is 35.5. The molecule has 3 rings (SSSR count). The molecule has 0 aliphatic heterocycles. The fourth-order valence-corrected chi connectivity index (χ4v) is 4.22. The van der Waals surface area contributed by atoms with Gasteiger partial charge in [-0.15, -0.1) is 0 Å². The highest BCUT2D eigenvalue weighted by molar-refractivity contribution is 7.92. The number of ether oxygens (including phenoxy) is 1. The number of hydrogen-bond acceptors (Lipinski definition) is 4. The smallest absolute Gasteiger partial charge is 0.262 e. The summed E-state index contributed by atoms with van der Waals surface area (Å²) in [6.07, 6.45) is 0. The van der Waals surface area contributed by atoms with E-state index in [9.17, 15) is 13.2 Å². The number of benzene rings is 3. The molecule has 2 N–H and O–H groups in total. The largest absolute Gasteiger partial charge is 0.484 e. The van der Waals surface area contributed by atoms with Gasteiger partial charge >= 0.3 is 0 Å². The second kappa shape index (κ2) is 9.19. The number of aryl methyl sites for hydroxylation is 2. The first-order chi connectivity index (χ1) is 14.2. The molecule has 0 bridgehead atoms. The number of carbonyl (C=O) groups excluding carboxylic acids is 1. The third kappa shape index (κ3) is 5.75. The van der Waals surface area contributed by atoms with Gasteiger partial charge in [0.25, 0.3) is 15.9 Å². The number of anilines is 2. The van der Waals surface area contributed by atoms with Gasteiger partial charge in [-0.1, -0.05) is 35.9 Å². The molecule has 1 amide bonds. The van der Waals surface area contributed by atoms with E-state index in [1.807, 2.05) is 32.0 Å². The molecule has 0 spiro atoms. The number of carbonyl (C=O) groups is 1. The summed E-state index contributed by atoms with van der Waals surface area (Å²) in [5.74, 6) is 0.200. The van der Waals surface area contributed by atoms with Crippen LogP contribution in [0.3, 0.4) is 0 Å². The van der Waals surface area contributed by atoms with Crippen LogP contribution in [0, 0.1) is 13.8 Å². The molecule has 3 aromatic carbocycles. The average molecular weight is 445 g/mol. The zero-order valence-electron chi connectivity index (χ0n) is 16.5. The summed E-state index contributed by atoms with van der Waals surface area (Å²) in [4.78, 5) is 12.2. The quantitative estimate of drug-likeness (QED) is 0.549. The monoisotopic (exact) mass is 444 g/mol. The predicted molar refractivity (Wildman–Crippen MR) is 119 cm³/mol. The van der Waals surface area contributed by atoms with Gasteiger partial charge in [-0.25, -0.2) is 8.42 Å². The maximum Gasteiger partial charge on any atom is 0.262 e. The van der Waals surface area contributed by atoms with Crippen LogP contribution in [0.25, 0.3) is 0 Å². The molecule has 0 fully saturated rings. The normalized spacial score (nSPS) is 11.0. The van der Waals surface area contributed by atoms with Crippen LogP contribution >= 0.6 is 11.6 Å². The summed E-state index contributed by atoms with van der Waals surface area (Å²) in [7, 11) is -3.88. The summed E-state index contributed by atoms with van der Waals surface area (Å²) in [6, 6.07) is 18.2. The molecule has 156 valence electrons. The number of para-hydroxylation sites is 1. The highest BCUT2D eigenvalue weighted by Crippen LogP contribution is 2.25. The van der Waals surface area contributed by atoms with Gasteiger partial charge in [-0.2, -0.15) is 0 Å². The van der Waals surface area contributed by atoms with E-state index < -0.39 is 15.9 Å². The van der Waals surface area contributed by atoms with Crippen LogP contribution in [-0.4, -0.2) is 20.9 Å². The minimum Gasteiger partial charge on any atom is -0.484 e. The van der Waals surface area contributed by atoms with Crippen molar-refractivity contribution >= 4 is 38.9 Å². The zero-order chi connectivity index (χ0) is 21.7. The fraction of sp³-hybridized carbons (Fsp3) is 0.136. The minimum absolute atomic E-state index is 0.00422. The molecule has 0 aromatic heterocycles. The number of amides is 1. The number of nitrogens with one attached hydrogen (secondary N) is 2. The van der Waals surface area contributed by atoms with E-state index in [4.69, 9.17) is 16.3 Å². The van der Waals surface area contributed by atoms with Gasteiger partial charge in [-0.3, -0.25) is 9.52 Å². The molecule has 0 aliphatic rings. The molecule has 0 unspecified atom stereocenters. The third-order valence-corrected chi connectivity index (χ3v) is 5.80. The zero-order valence-corrected chi connectivity index (χ0v) is 18.0. The molecular weight excluding hydrogens is 424 g/mol. The molecular formula is C22H21ClN2O4S. The van der Waals surface area contributed by atoms with Crippen LogP contribution in [-0.2, 0) is 14.8 Å². The van der Waals surface area contributed by atoms with Gasteiger partial charge in [0, 0.05) is 5.69 Å². The molecule has 0 radical (unpaired) electrons. The molecule has 0 atom stereocenters. The van der Waals surface area contributed by atoms with Crippen molar-refractivity contribution in [3.63, 3.8) is 0 Å². The first-order valence-electron chi connectivity index (χ1n) is 9.11. The van der Waals surface area contributed by atoms with Crippen LogP contribution in [0.15, 0.2) is 71.6 Å². The third-order valence-electron chi connectivity index (χ3n) is 4.11. The summed E-state index contributed by atoms with van der Waals surface area (Å²) >= 11 is 6.02. The lowest BCUT2D eigenvalue weighted by Crippen LogP contribution is -2.20. The van der Waals surface area contributed by atoms with E-state index in [2.05, 4.69) is 10.0 Å². The Hall–Kier alpha value is -3.03. The maximum absolute atomic E-state index is 12.7. The topological polar surface area (TPSA) is 84.5 Å². The first-order valence-corrected chi connectivity index (χ1v) is 11.0. The van der Waals surface area contributed by atoms with Crippen molar-refractivity contribution in [1.82, 2.24) is 0 Å². The Morgan fingerprint density at radius 2 is 1.67 bits per heavy atom. The van der Waals surface area contributed by atoms with Crippen LogP contribution < -0.4 is 14.8 Å². The number of rotatable bonds is 7. The highest BCUT2D eigenvalue weighted by Gasteiger charge is 2.16. The van der Waals surface area contributed by atoms with Gasteiger partial charge in [0.2, 0.25) is 0 Å². The van der Waals surface area contributed by atoms with E-state index in [-0.39, 0.29) is 22.2 Å². The Labute approximate surface area is 180 Å². The fourth-order valence-electron chi connectivity index (χ4n) is 2.85. The molecule has 30 heavy (non-hydrogen) atoms. The van der Waals surface area contributed by atoms with E-state index >= 15 is 0 Å². The Bertz CT molecular complexity index is 1160. The van der Waals surface area contributed by atoms with E-state index in [0.29, 0.717) is 11.4 Å². The van der Waals surface area contributed by atoms with Crippen LogP contribution in [0.1, 0.15) is 11.1 Å². The second-order valence-electron chi connectivity index (χ2n) is 6.77.